The molecule has 0 spiro atoms. The fraction of sp³-hybridized carbons (Fsp3) is 0.462. The lowest BCUT2D eigenvalue weighted by Crippen LogP contribution is -2.51. The van der Waals surface area contributed by atoms with E-state index in [1.54, 1.807) is 36.2 Å². The van der Waals surface area contributed by atoms with Gasteiger partial charge in [0.05, 0.1) is 22.5 Å². The Hall–Kier alpha value is -1.78. The molecular formula is C13H18N4O4S2. The first-order valence-corrected chi connectivity index (χ1v) is 9.15. The van der Waals surface area contributed by atoms with Gasteiger partial charge in [-0.2, -0.15) is 0 Å². The van der Waals surface area contributed by atoms with E-state index in [1.807, 2.05) is 0 Å². The lowest BCUT2D eigenvalue weighted by atomic mass is 10.2. The van der Waals surface area contributed by atoms with Crippen LogP contribution < -0.4 is 5.32 Å². The van der Waals surface area contributed by atoms with Gasteiger partial charge in [-0.15, -0.1) is 0 Å². The van der Waals surface area contributed by atoms with E-state index in [0.717, 1.165) is 0 Å². The van der Waals surface area contributed by atoms with Crippen molar-refractivity contribution in [1.29, 1.82) is 0 Å². The van der Waals surface area contributed by atoms with Gasteiger partial charge in [0.2, 0.25) is 0 Å². The number of nitro benzene ring substituents is 1. The molecule has 1 aliphatic rings. The summed E-state index contributed by atoms with van der Waals surface area (Å²) in [6.45, 7) is 0. The molecular weight excluding hydrogens is 340 g/mol. The molecule has 126 valence electrons. The maximum Gasteiger partial charge on any atom is 0.269 e. The van der Waals surface area contributed by atoms with Crippen molar-refractivity contribution < 1.29 is 13.3 Å². The van der Waals surface area contributed by atoms with Gasteiger partial charge in [-0.05, 0) is 30.8 Å². The van der Waals surface area contributed by atoms with Crippen LogP contribution in [0.2, 0.25) is 0 Å². The second kappa shape index (κ2) is 6.77. The van der Waals surface area contributed by atoms with Crippen molar-refractivity contribution in [3.8, 4) is 0 Å². The highest BCUT2D eigenvalue weighted by Gasteiger charge is 2.34. The van der Waals surface area contributed by atoms with Crippen LogP contribution in [-0.2, 0) is 9.84 Å². The van der Waals surface area contributed by atoms with Crippen molar-refractivity contribution in [2.45, 2.75) is 12.5 Å². The second-order valence-corrected chi connectivity index (χ2v) is 8.10. The van der Waals surface area contributed by atoms with Gasteiger partial charge < -0.3 is 5.32 Å². The van der Waals surface area contributed by atoms with Crippen LogP contribution in [0.15, 0.2) is 24.3 Å². The SMILES string of the molecule is CN(C)N(C(=S)Nc1ccc([N+](=O)[O-])cc1)[C@H]1CCS(=O)(=O)C1. The summed E-state index contributed by atoms with van der Waals surface area (Å²) in [6.07, 6.45) is 0.516. The van der Waals surface area contributed by atoms with Gasteiger partial charge in [0, 0.05) is 31.9 Å². The first-order chi connectivity index (χ1) is 10.7. The molecule has 0 amide bonds. The molecule has 23 heavy (non-hydrogen) atoms. The first-order valence-electron chi connectivity index (χ1n) is 6.92. The highest BCUT2D eigenvalue weighted by molar-refractivity contribution is 7.91. The molecule has 8 nitrogen and oxygen atoms in total. The zero-order valence-corrected chi connectivity index (χ0v) is 14.4. The highest BCUT2D eigenvalue weighted by atomic mass is 32.2. The number of hydrogen-bond acceptors (Lipinski definition) is 6. The van der Waals surface area contributed by atoms with Gasteiger partial charge in [-0.3, -0.25) is 15.1 Å². The number of nitro groups is 1. The maximum atomic E-state index is 11.7. The molecule has 0 unspecified atom stereocenters. The van der Waals surface area contributed by atoms with E-state index < -0.39 is 14.8 Å². The monoisotopic (exact) mass is 358 g/mol. The molecule has 10 heteroatoms. The van der Waals surface area contributed by atoms with Crippen LogP contribution >= 0.6 is 12.2 Å². The normalized spacial score (nSPS) is 19.5. The van der Waals surface area contributed by atoms with Crippen LogP contribution in [0.5, 0.6) is 0 Å². The molecule has 1 aromatic carbocycles. The summed E-state index contributed by atoms with van der Waals surface area (Å²) < 4.78 is 23.4. The van der Waals surface area contributed by atoms with Crippen molar-refractivity contribution >= 4 is 38.5 Å². The second-order valence-electron chi connectivity index (χ2n) is 5.48. The smallest absolute Gasteiger partial charge is 0.269 e. The maximum absolute atomic E-state index is 11.7. The molecule has 0 radical (unpaired) electrons. The van der Waals surface area contributed by atoms with E-state index in [0.29, 0.717) is 17.2 Å². The molecule has 1 saturated heterocycles. The zero-order chi connectivity index (χ0) is 17.2. The topological polar surface area (TPSA) is 95.8 Å². The van der Waals surface area contributed by atoms with E-state index >= 15 is 0 Å². The molecule has 1 N–H and O–H groups in total. The number of anilines is 1. The summed E-state index contributed by atoms with van der Waals surface area (Å²) in [5.74, 6) is 0.218. The third-order valence-electron chi connectivity index (χ3n) is 3.52. The lowest BCUT2D eigenvalue weighted by molar-refractivity contribution is -0.384. The summed E-state index contributed by atoms with van der Waals surface area (Å²) in [6, 6.07) is 5.66. The molecule has 0 saturated carbocycles. The van der Waals surface area contributed by atoms with Crippen molar-refractivity contribution in [3.63, 3.8) is 0 Å². The molecule has 2 rings (SSSR count). The third kappa shape index (κ3) is 4.36. The predicted octanol–water partition coefficient (Wildman–Crippen LogP) is 1.26. The van der Waals surface area contributed by atoms with Crippen molar-refractivity contribution in [2.24, 2.45) is 0 Å². The van der Waals surface area contributed by atoms with Gasteiger partial charge in [-0.25, -0.2) is 13.4 Å². The number of non-ortho nitro benzene ring substituents is 1. The summed E-state index contributed by atoms with van der Waals surface area (Å²) >= 11 is 5.37. The van der Waals surface area contributed by atoms with Crippen LogP contribution in [0.1, 0.15) is 6.42 Å². The van der Waals surface area contributed by atoms with Crippen molar-refractivity contribution in [2.75, 3.05) is 30.9 Å². The molecule has 0 bridgehead atoms. The Morgan fingerprint density at radius 1 is 1.35 bits per heavy atom. The highest BCUT2D eigenvalue weighted by Crippen LogP contribution is 2.21. The largest absolute Gasteiger partial charge is 0.332 e. The van der Waals surface area contributed by atoms with Gasteiger partial charge in [0.25, 0.3) is 5.69 Å². The summed E-state index contributed by atoms with van der Waals surface area (Å²) in [5.41, 5.74) is 0.598. The number of thiocarbonyl (C=S) groups is 1. The molecule has 0 aromatic heterocycles. The first kappa shape index (κ1) is 17.6. The fourth-order valence-corrected chi connectivity index (χ4v) is 4.61. The number of benzene rings is 1. The van der Waals surface area contributed by atoms with E-state index in [1.165, 1.54) is 12.1 Å². The summed E-state index contributed by atoms with van der Waals surface area (Å²) in [7, 11) is 0.547. The molecule has 1 aromatic rings. The Morgan fingerprint density at radius 3 is 2.39 bits per heavy atom. The summed E-state index contributed by atoms with van der Waals surface area (Å²) in [5, 5.41) is 17.5. The average Bonchev–Trinajstić information content (AvgIpc) is 2.79. The van der Waals surface area contributed by atoms with Crippen LogP contribution in [-0.4, -0.2) is 60.1 Å². The number of rotatable bonds is 4. The Labute approximate surface area is 140 Å². The Balaban J connectivity index is 2.11. The number of nitrogens with one attached hydrogen (secondary N) is 1. The molecule has 1 aliphatic heterocycles. The number of sulfone groups is 1. The zero-order valence-electron chi connectivity index (χ0n) is 12.8. The van der Waals surface area contributed by atoms with Gasteiger partial charge in [0.1, 0.15) is 0 Å². The van der Waals surface area contributed by atoms with Gasteiger partial charge >= 0.3 is 0 Å². The lowest BCUT2D eigenvalue weighted by Gasteiger charge is -2.35. The Kier molecular flexibility index (Phi) is 5.17. The molecule has 1 heterocycles. The van der Waals surface area contributed by atoms with Crippen molar-refractivity contribution in [1.82, 2.24) is 10.0 Å². The standard InChI is InChI=1S/C13H18N4O4S2/c1-15(2)16(12-7-8-23(20,21)9-12)13(22)14-10-3-5-11(6-4-10)17(18)19/h3-6,12H,7-9H2,1-2H3,(H,14,22)/t12-/m0/s1. The van der Waals surface area contributed by atoms with Crippen molar-refractivity contribution in [3.05, 3.63) is 34.4 Å². The molecule has 1 atom stereocenters. The van der Waals surface area contributed by atoms with E-state index in [2.05, 4.69) is 5.32 Å². The quantitative estimate of drug-likeness (QED) is 0.488. The third-order valence-corrected chi connectivity index (χ3v) is 5.56. The minimum absolute atomic E-state index is 0.00665. The minimum atomic E-state index is -3.03. The Morgan fingerprint density at radius 2 is 1.96 bits per heavy atom. The predicted molar refractivity (Wildman–Crippen MR) is 91.9 cm³/mol. The number of hydrazine groups is 1. The van der Waals surface area contributed by atoms with E-state index in [-0.39, 0.29) is 23.2 Å². The number of hydrogen-bond donors (Lipinski definition) is 1. The number of nitrogens with zero attached hydrogens (tertiary/aromatic N) is 3. The molecule has 1 fully saturated rings. The van der Waals surface area contributed by atoms with Gasteiger partial charge in [0.15, 0.2) is 14.9 Å². The van der Waals surface area contributed by atoms with Crippen LogP contribution in [0, 0.1) is 10.1 Å². The Bertz CT molecular complexity index is 703. The van der Waals surface area contributed by atoms with E-state index in [4.69, 9.17) is 12.2 Å². The van der Waals surface area contributed by atoms with Crippen LogP contribution in [0.3, 0.4) is 0 Å². The summed E-state index contributed by atoms with van der Waals surface area (Å²) in [4.78, 5) is 10.2. The minimum Gasteiger partial charge on any atom is -0.332 e. The van der Waals surface area contributed by atoms with Crippen LogP contribution in [0.25, 0.3) is 0 Å². The van der Waals surface area contributed by atoms with Gasteiger partial charge in [-0.1, -0.05) is 0 Å². The fourth-order valence-electron chi connectivity index (χ4n) is 2.49. The van der Waals surface area contributed by atoms with E-state index in [9.17, 15) is 18.5 Å². The molecule has 0 aliphatic carbocycles. The average molecular weight is 358 g/mol. The van der Waals surface area contributed by atoms with Crippen LogP contribution in [0.4, 0.5) is 11.4 Å².